The van der Waals surface area contributed by atoms with Crippen LogP contribution < -0.4 is 0 Å². The maximum Gasteiger partial charge on any atom is 0.191 e. The van der Waals surface area contributed by atoms with E-state index in [0.29, 0.717) is 5.82 Å². The van der Waals surface area contributed by atoms with Gasteiger partial charge in [0.2, 0.25) is 0 Å². The predicted octanol–water partition coefficient (Wildman–Crippen LogP) is 3.13. The normalized spacial score (nSPS) is 11.1. The van der Waals surface area contributed by atoms with Crippen molar-refractivity contribution in [1.82, 2.24) is 15.2 Å². The van der Waals surface area contributed by atoms with Crippen LogP contribution in [0.15, 0.2) is 24.3 Å². The van der Waals surface area contributed by atoms with Crippen molar-refractivity contribution in [2.45, 2.75) is 6.92 Å². The van der Waals surface area contributed by atoms with Gasteiger partial charge in [0.25, 0.3) is 0 Å². The molecule has 0 bridgehead atoms. The van der Waals surface area contributed by atoms with E-state index >= 15 is 0 Å². The summed E-state index contributed by atoms with van der Waals surface area (Å²) in [6, 6.07) is 6.73. The van der Waals surface area contributed by atoms with Gasteiger partial charge in [-0.25, -0.2) is 9.37 Å². The molecule has 0 spiro atoms. The fourth-order valence-electron chi connectivity index (χ4n) is 1.57. The first-order valence-electron chi connectivity index (χ1n) is 4.81. The quantitative estimate of drug-likeness (QED) is 0.701. The topological polar surface area (TPSA) is 41.6 Å². The number of aromatic amines is 1. The highest BCUT2D eigenvalue weighted by Gasteiger charge is 2.08. The van der Waals surface area contributed by atoms with E-state index in [-0.39, 0.29) is 5.82 Å². The molecule has 0 saturated heterocycles. The number of benzene rings is 1. The number of aryl methyl sites for hydroxylation is 1. The van der Waals surface area contributed by atoms with Crippen LogP contribution in [0.25, 0.3) is 20.8 Å². The molecule has 3 nitrogen and oxygen atoms in total. The lowest BCUT2D eigenvalue weighted by atomic mass is 10.2. The number of nitrogens with one attached hydrogen (secondary N) is 1. The van der Waals surface area contributed by atoms with E-state index in [9.17, 15) is 4.39 Å². The summed E-state index contributed by atoms with van der Waals surface area (Å²) in [6.07, 6.45) is 0. The summed E-state index contributed by atoms with van der Waals surface area (Å²) in [6.45, 7) is 1.85. The van der Waals surface area contributed by atoms with Gasteiger partial charge < -0.3 is 0 Å². The maximum atomic E-state index is 13.0. The highest BCUT2D eigenvalue weighted by Crippen LogP contribution is 2.31. The minimum atomic E-state index is -0.216. The third-order valence-electron chi connectivity index (χ3n) is 2.30. The van der Waals surface area contributed by atoms with Gasteiger partial charge in [0, 0.05) is 4.70 Å². The van der Waals surface area contributed by atoms with Crippen molar-refractivity contribution in [3.8, 4) is 10.7 Å². The molecule has 0 unspecified atom stereocenters. The smallest absolute Gasteiger partial charge is 0.191 e. The molecule has 0 aliphatic carbocycles. The van der Waals surface area contributed by atoms with E-state index in [2.05, 4.69) is 15.2 Å². The van der Waals surface area contributed by atoms with Crippen molar-refractivity contribution in [1.29, 1.82) is 0 Å². The molecule has 2 heterocycles. The minimum absolute atomic E-state index is 0.216. The average Bonchev–Trinajstić information content (AvgIpc) is 2.83. The maximum absolute atomic E-state index is 13.0. The summed E-state index contributed by atoms with van der Waals surface area (Å²) in [5.74, 6) is 1.23. The second-order valence-electron chi connectivity index (χ2n) is 3.54. The van der Waals surface area contributed by atoms with E-state index in [4.69, 9.17) is 0 Å². The second-order valence-corrected chi connectivity index (χ2v) is 4.62. The van der Waals surface area contributed by atoms with Crippen LogP contribution in [0.4, 0.5) is 4.39 Å². The lowest BCUT2D eigenvalue weighted by Crippen LogP contribution is -1.73. The highest BCUT2D eigenvalue weighted by atomic mass is 32.1. The largest absolute Gasteiger partial charge is 0.263 e. The number of halogens is 1. The molecule has 0 atom stereocenters. The van der Waals surface area contributed by atoms with Crippen molar-refractivity contribution >= 4 is 21.4 Å². The van der Waals surface area contributed by atoms with Gasteiger partial charge in [0.05, 0.1) is 4.88 Å². The molecular formula is C11H8FN3S. The summed E-state index contributed by atoms with van der Waals surface area (Å²) >= 11 is 1.49. The van der Waals surface area contributed by atoms with Crippen LogP contribution in [0.5, 0.6) is 0 Å². The van der Waals surface area contributed by atoms with Crippen molar-refractivity contribution in [2.75, 3.05) is 0 Å². The molecule has 1 N–H and O–H groups in total. The summed E-state index contributed by atoms with van der Waals surface area (Å²) in [7, 11) is 0. The Morgan fingerprint density at radius 2 is 2.19 bits per heavy atom. The molecular weight excluding hydrogens is 225 g/mol. The Kier molecular flexibility index (Phi) is 2.00. The van der Waals surface area contributed by atoms with E-state index in [1.807, 2.05) is 13.0 Å². The van der Waals surface area contributed by atoms with Gasteiger partial charge in [0.1, 0.15) is 11.6 Å². The van der Waals surface area contributed by atoms with Crippen molar-refractivity contribution in [3.05, 3.63) is 35.9 Å². The molecule has 0 aliphatic heterocycles. The third kappa shape index (κ3) is 1.49. The summed E-state index contributed by atoms with van der Waals surface area (Å²) in [4.78, 5) is 5.20. The molecule has 0 aliphatic rings. The Labute approximate surface area is 95.0 Å². The molecule has 0 fully saturated rings. The number of hydrogen-bond acceptors (Lipinski definition) is 3. The average molecular weight is 233 g/mol. The van der Waals surface area contributed by atoms with Crippen LogP contribution in [-0.2, 0) is 0 Å². The lowest BCUT2D eigenvalue weighted by Gasteiger charge is -1.86. The van der Waals surface area contributed by atoms with Crippen LogP contribution in [-0.4, -0.2) is 15.2 Å². The summed E-state index contributed by atoms with van der Waals surface area (Å²) < 4.78 is 13.9. The Bertz CT molecular complexity index is 656. The van der Waals surface area contributed by atoms with Crippen molar-refractivity contribution < 1.29 is 4.39 Å². The zero-order valence-electron chi connectivity index (χ0n) is 8.49. The van der Waals surface area contributed by atoms with E-state index < -0.39 is 0 Å². The van der Waals surface area contributed by atoms with Gasteiger partial charge in [0.15, 0.2) is 5.82 Å². The fourth-order valence-corrected chi connectivity index (χ4v) is 2.59. The first-order chi connectivity index (χ1) is 7.72. The molecule has 3 aromatic rings. The Morgan fingerprint density at radius 1 is 1.31 bits per heavy atom. The van der Waals surface area contributed by atoms with E-state index in [0.717, 1.165) is 20.8 Å². The highest BCUT2D eigenvalue weighted by molar-refractivity contribution is 7.22. The number of H-pyrrole nitrogens is 1. The zero-order chi connectivity index (χ0) is 11.1. The molecule has 5 heteroatoms. The minimum Gasteiger partial charge on any atom is -0.263 e. The number of nitrogens with zero attached hydrogens (tertiary/aromatic N) is 2. The second kappa shape index (κ2) is 3.38. The molecule has 0 saturated carbocycles. The summed E-state index contributed by atoms with van der Waals surface area (Å²) in [5, 5.41) is 7.90. The number of thiophene rings is 1. The zero-order valence-corrected chi connectivity index (χ0v) is 9.31. The van der Waals surface area contributed by atoms with Gasteiger partial charge >= 0.3 is 0 Å². The number of rotatable bonds is 1. The monoisotopic (exact) mass is 233 g/mol. The SMILES string of the molecule is Cc1nc(-c2cc3ccc(F)cc3s2)n[nH]1. The molecule has 16 heavy (non-hydrogen) atoms. The standard InChI is InChI=1S/C11H8FN3S/c1-6-13-11(15-14-6)10-4-7-2-3-8(12)5-9(7)16-10/h2-5H,1H3,(H,13,14,15). The molecule has 2 aromatic heterocycles. The van der Waals surface area contributed by atoms with E-state index in [1.54, 1.807) is 6.07 Å². The van der Waals surface area contributed by atoms with Crippen LogP contribution in [0, 0.1) is 12.7 Å². The first kappa shape index (κ1) is 9.47. The van der Waals surface area contributed by atoms with Crippen LogP contribution in [0.3, 0.4) is 0 Å². The van der Waals surface area contributed by atoms with Gasteiger partial charge in [-0.1, -0.05) is 6.07 Å². The van der Waals surface area contributed by atoms with Crippen molar-refractivity contribution in [2.24, 2.45) is 0 Å². The molecule has 0 radical (unpaired) electrons. The Hall–Kier alpha value is -1.75. The van der Waals surface area contributed by atoms with Gasteiger partial charge in [-0.2, -0.15) is 5.10 Å². The predicted molar refractivity (Wildman–Crippen MR) is 61.9 cm³/mol. The third-order valence-corrected chi connectivity index (χ3v) is 3.39. The molecule has 80 valence electrons. The van der Waals surface area contributed by atoms with Crippen LogP contribution in [0.1, 0.15) is 5.82 Å². The Balaban J connectivity index is 2.18. The van der Waals surface area contributed by atoms with Gasteiger partial charge in [-0.05, 0) is 30.5 Å². The number of aromatic nitrogens is 3. The fraction of sp³-hybridized carbons (Fsp3) is 0.0909. The number of hydrogen-bond donors (Lipinski definition) is 1. The van der Waals surface area contributed by atoms with Crippen LogP contribution in [0.2, 0.25) is 0 Å². The lowest BCUT2D eigenvalue weighted by molar-refractivity contribution is 0.630. The van der Waals surface area contributed by atoms with Crippen molar-refractivity contribution in [3.63, 3.8) is 0 Å². The van der Waals surface area contributed by atoms with Gasteiger partial charge in [-0.15, -0.1) is 11.3 Å². The molecule has 1 aromatic carbocycles. The Morgan fingerprint density at radius 3 is 2.94 bits per heavy atom. The van der Waals surface area contributed by atoms with E-state index in [1.165, 1.54) is 23.5 Å². The van der Waals surface area contributed by atoms with Crippen LogP contribution >= 0.6 is 11.3 Å². The summed E-state index contributed by atoms with van der Waals surface area (Å²) in [5.41, 5.74) is 0. The first-order valence-corrected chi connectivity index (χ1v) is 5.62. The molecule has 0 amide bonds. The van der Waals surface area contributed by atoms with Gasteiger partial charge in [-0.3, -0.25) is 5.10 Å². The molecule has 3 rings (SSSR count). The number of fused-ring (bicyclic) bond motifs is 1.